The second kappa shape index (κ2) is 5.01. The Bertz CT molecular complexity index is 510. The maximum atomic E-state index is 9.43. The molecule has 90 valence electrons. The number of nitrogens with two attached hydrogens (primary N) is 1. The molecule has 0 spiro atoms. The minimum atomic E-state index is -0.967. The molecule has 0 aliphatic heterocycles. The van der Waals surface area contributed by atoms with Crippen LogP contribution in [0.5, 0.6) is 0 Å². The van der Waals surface area contributed by atoms with Crippen molar-refractivity contribution in [3.63, 3.8) is 0 Å². The molecule has 1 aromatic carbocycles. The molecule has 0 amide bonds. The van der Waals surface area contributed by atoms with Crippen LogP contribution in [0.25, 0.3) is 11.4 Å². The molecule has 2 aromatic rings. The van der Waals surface area contributed by atoms with E-state index in [4.69, 9.17) is 33.5 Å². The predicted molar refractivity (Wildman–Crippen MR) is 63.8 cm³/mol. The highest BCUT2D eigenvalue weighted by Crippen LogP contribution is 2.26. The Labute approximate surface area is 107 Å². The Morgan fingerprint density at radius 1 is 1.29 bits per heavy atom. The normalized spacial score (nSPS) is 12.7. The van der Waals surface area contributed by atoms with E-state index in [1.807, 2.05) is 0 Å². The van der Waals surface area contributed by atoms with Crippen LogP contribution in [0.1, 0.15) is 12.0 Å². The van der Waals surface area contributed by atoms with Crippen molar-refractivity contribution in [2.75, 3.05) is 6.54 Å². The molecular weight excluding hydrogens is 265 g/mol. The van der Waals surface area contributed by atoms with E-state index in [0.717, 1.165) is 0 Å². The fourth-order valence-corrected chi connectivity index (χ4v) is 1.80. The van der Waals surface area contributed by atoms with Crippen LogP contribution in [0.2, 0.25) is 10.0 Å². The van der Waals surface area contributed by atoms with Gasteiger partial charge in [-0.2, -0.15) is 4.98 Å². The Morgan fingerprint density at radius 2 is 1.94 bits per heavy atom. The number of halogens is 2. The highest BCUT2D eigenvalue weighted by Gasteiger charge is 2.15. The molecule has 1 heterocycles. The molecule has 0 fully saturated rings. The summed E-state index contributed by atoms with van der Waals surface area (Å²) in [5, 5.41) is 14.1. The fourth-order valence-electron chi connectivity index (χ4n) is 1.27. The summed E-state index contributed by atoms with van der Waals surface area (Å²) >= 11 is 11.7. The summed E-state index contributed by atoms with van der Waals surface area (Å²) in [5.41, 5.74) is 5.89. The summed E-state index contributed by atoms with van der Waals surface area (Å²) in [6.07, 6.45) is -0.967. The van der Waals surface area contributed by atoms with Crippen LogP contribution in [0, 0.1) is 0 Å². The number of nitrogens with zero attached hydrogens (tertiary/aromatic N) is 2. The van der Waals surface area contributed by atoms with Gasteiger partial charge in [-0.25, -0.2) is 0 Å². The largest absolute Gasteiger partial charge is 0.382 e. The van der Waals surface area contributed by atoms with Crippen molar-refractivity contribution in [3.05, 3.63) is 34.1 Å². The van der Waals surface area contributed by atoms with Crippen molar-refractivity contribution >= 4 is 23.2 Å². The molecule has 0 saturated carbocycles. The minimum Gasteiger partial charge on any atom is -0.382 e. The summed E-state index contributed by atoms with van der Waals surface area (Å²) in [4.78, 5) is 4.01. The Kier molecular flexibility index (Phi) is 3.63. The van der Waals surface area contributed by atoms with E-state index in [1.54, 1.807) is 18.2 Å². The third kappa shape index (κ3) is 2.76. The molecule has 17 heavy (non-hydrogen) atoms. The zero-order valence-corrected chi connectivity index (χ0v) is 10.1. The molecule has 0 aliphatic rings. The molecular formula is C10H9Cl2N3O2. The molecule has 0 bridgehead atoms. The van der Waals surface area contributed by atoms with Crippen LogP contribution in [0.4, 0.5) is 0 Å². The van der Waals surface area contributed by atoms with Gasteiger partial charge in [-0.3, -0.25) is 0 Å². The number of hydrogen-bond acceptors (Lipinski definition) is 5. The fraction of sp³-hybridized carbons (Fsp3) is 0.200. The van der Waals surface area contributed by atoms with Crippen LogP contribution in [-0.4, -0.2) is 21.8 Å². The molecule has 0 radical (unpaired) electrons. The van der Waals surface area contributed by atoms with Gasteiger partial charge in [0, 0.05) is 22.2 Å². The zero-order valence-electron chi connectivity index (χ0n) is 8.60. The third-order valence-electron chi connectivity index (χ3n) is 2.07. The number of aliphatic hydroxyl groups excluding tert-OH is 1. The van der Waals surface area contributed by atoms with Gasteiger partial charge in [0.1, 0.15) is 6.10 Å². The van der Waals surface area contributed by atoms with Gasteiger partial charge in [0.05, 0.1) is 0 Å². The predicted octanol–water partition coefficient (Wildman–Crippen LogP) is 2.04. The summed E-state index contributed by atoms with van der Waals surface area (Å²) in [6.45, 7) is 0.0118. The van der Waals surface area contributed by atoms with Crippen LogP contribution < -0.4 is 5.73 Å². The van der Waals surface area contributed by atoms with Gasteiger partial charge in [0.25, 0.3) is 5.89 Å². The minimum absolute atomic E-state index is 0.0118. The van der Waals surface area contributed by atoms with Gasteiger partial charge in [-0.05, 0) is 18.2 Å². The lowest BCUT2D eigenvalue weighted by molar-refractivity contribution is 0.141. The quantitative estimate of drug-likeness (QED) is 0.894. The molecule has 1 aromatic heterocycles. The monoisotopic (exact) mass is 273 g/mol. The van der Waals surface area contributed by atoms with E-state index in [0.29, 0.717) is 21.4 Å². The Morgan fingerprint density at radius 3 is 2.53 bits per heavy atom. The van der Waals surface area contributed by atoms with Crippen molar-refractivity contribution < 1.29 is 9.63 Å². The van der Waals surface area contributed by atoms with Crippen LogP contribution in [-0.2, 0) is 0 Å². The second-order valence-electron chi connectivity index (χ2n) is 3.37. The molecule has 7 heteroatoms. The lowest BCUT2D eigenvalue weighted by atomic mass is 10.2. The topological polar surface area (TPSA) is 85.2 Å². The lowest BCUT2D eigenvalue weighted by Gasteiger charge is -1.99. The Balaban J connectivity index is 2.36. The molecule has 2 rings (SSSR count). The Hall–Kier alpha value is -1.14. The SMILES string of the molecule is NC[C@H](O)c1nc(-c2cc(Cl)cc(Cl)c2)no1. The van der Waals surface area contributed by atoms with Crippen molar-refractivity contribution in [1.82, 2.24) is 10.1 Å². The van der Waals surface area contributed by atoms with Gasteiger partial charge in [0.2, 0.25) is 5.82 Å². The number of hydrogen-bond donors (Lipinski definition) is 2. The molecule has 0 saturated heterocycles. The molecule has 0 aliphatic carbocycles. The van der Waals surface area contributed by atoms with E-state index < -0.39 is 6.10 Å². The molecule has 5 nitrogen and oxygen atoms in total. The van der Waals surface area contributed by atoms with Crippen LogP contribution in [0.15, 0.2) is 22.7 Å². The summed E-state index contributed by atoms with van der Waals surface area (Å²) in [6, 6.07) is 4.90. The van der Waals surface area contributed by atoms with Gasteiger partial charge in [-0.1, -0.05) is 28.4 Å². The standard InChI is InChI=1S/C10H9Cl2N3O2/c11-6-1-5(2-7(12)3-6)9-14-10(17-15-9)8(16)4-13/h1-3,8,16H,4,13H2/t8-/m0/s1. The number of rotatable bonds is 3. The highest BCUT2D eigenvalue weighted by molar-refractivity contribution is 6.35. The first-order valence-corrected chi connectivity index (χ1v) is 5.54. The average Bonchev–Trinajstić information content (AvgIpc) is 2.76. The molecule has 3 N–H and O–H groups in total. The number of aliphatic hydroxyl groups is 1. The second-order valence-corrected chi connectivity index (χ2v) is 4.24. The summed E-state index contributed by atoms with van der Waals surface area (Å²) in [7, 11) is 0. The first-order chi connectivity index (χ1) is 8.10. The van der Waals surface area contributed by atoms with Gasteiger partial charge < -0.3 is 15.4 Å². The van der Waals surface area contributed by atoms with E-state index >= 15 is 0 Å². The van der Waals surface area contributed by atoms with Crippen molar-refractivity contribution in [2.45, 2.75) is 6.10 Å². The van der Waals surface area contributed by atoms with Crippen LogP contribution in [0.3, 0.4) is 0 Å². The van der Waals surface area contributed by atoms with Crippen molar-refractivity contribution in [2.24, 2.45) is 5.73 Å². The van der Waals surface area contributed by atoms with E-state index in [-0.39, 0.29) is 12.4 Å². The number of aromatic nitrogens is 2. The first-order valence-electron chi connectivity index (χ1n) is 4.78. The zero-order chi connectivity index (χ0) is 12.4. The lowest BCUT2D eigenvalue weighted by Crippen LogP contribution is -2.11. The van der Waals surface area contributed by atoms with Gasteiger partial charge in [-0.15, -0.1) is 0 Å². The maximum absolute atomic E-state index is 9.43. The average molecular weight is 274 g/mol. The molecule has 1 atom stereocenters. The van der Waals surface area contributed by atoms with Crippen molar-refractivity contribution in [3.8, 4) is 11.4 Å². The van der Waals surface area contributed by atoms with Crippen LogP contribution >= 0.6 is 23.2 Å². The maximum Gasteiger partial charge on any atom is 0.257 e. The highest BCUT2D eigenvalue weighted by atomic mass is 35.5. The van der Waals surface area contributed by atoms with Crippen molar-refractivity contribution in [1.29, 1.82) is 0 Å². The van der Waals surface area contributed by atoms with E-state index in [9.17, 15) is 5.11 Å². The van der Waals surface area contributed by atoms with E-state index in [2.05, 4.69) is 10.1 Å². The first kappa shape index (κ1) is 12.3. The summed E-state index contributed by atoms with van der Waals surface area (Å²) < 4.78 is 4.87. The van der Waals surface area contributed by atoms with Gasteiger partial charge >= 0.3 is 0 Å². The van der Waals surface area contributed by atoms with E-state index in [1.165, 1.54) is 0 Å². The third-order valence-corrected chi connectivity index (χ3v) is 2.51. The number of benzene rings is 1. The summed E-state index contributed by atoms with van der Waals surface area (Å²) in [5.74, 6) is 0.371. The smallest absolute Gasteiger partial charge is 0.257 e. The molecule has 0 unspecified atom stereocenters. The van der Waals surface area contributed by atoms with Gasteiger partial charge in [0.15, 0.2) is 0 Å².